The van der Waals surface area contributed by atoms with Crippen molar-refractivity contribution in [1.29, 1.82) is 0 Å². The second-order valence-corrected chi connectivity index (χ2v) is 11.5. The predicted octanol–water partition coefficient (Wildman–Crippen LogP) is 6.24. The molecule has 0 spiro atoms. The van der Waals surface area contributed by atoms with E-state index in [9.17, 15) is 18.0 Å². The number of halogens is 2. The van der Waals surface area contributed by atoms with Gasteiger partial charge in [0.25, 0.3) is 10.0 Å². The fraction of sp³-hybridized carbons (Fsp3) is 0.214. The zero-order valence-electron chi connectivity index (χ0n) is 21.1. The first-order valence-corrected chi connectivity index (χ1v) is 14.5. The third-order valence-electron chi connectivity index (χ3n) is 5.94. The molecule has 0 fully saturated rings. The summed E-state index contributed by atoms with van der Waals surface area (Å²) >= 11 is 12.2. The lowest BCUT2D eigenvalue weighted by Gasteiger charge is -2.25. The topological polar surface area (TPSA) is 97.7 Å². The second kappa shape index (κ2) is 12.5. The summed E-state index contributed by atoms with van der Waals surface area (Å²) in [5, 5.41) is 3.57. The van der Waals surface area contributed by atoms with E-state index < -0.39 is 22.5 Å². The highest BCUT2D eigenvalue weighted by molar-refractivity contribution is 7.93. The molecule has 0 saturated carbocycles. The third kappa shape index (κ3) is 6.73. The Balaban J connectivity index is 1.72. The molecule has 0 bridgehead atoms. The maximum absolute atomic E-state index is 13.9. The molecule has 0 aliphatic rings. The normalized spacial score (nSPS) is 11.4. The van der Waals surface area contributed by atoms with Crippen LogP contribution in [0.15, 0.2) is 83.9 Å². The Bertz CT molecular complexity index is 1570. The highest BCUT2D eigenvalue weighted by Gasteiger charge is 2.30. The lowest BCUT2D eigenvalue weighted by atomic mass is 10.2. The van der Waals surface area contributed by atoms with Crippen LogP contribution in [0.1, 0.15) is 25.3 Å². The second-order valence-electron chi connectivity index (χ2n) is 8.73. The Morgan fingerprint density at radius 3 is 2.38 bits per heavy atom. The predicted molar refractivity (Wildman–Crippen MR) is 153 cm³/mol. The lowest BCUT2D eigenvalue weighted by Crippen LogP contribution is -2.37. The molecule has 0 aliphatic carbocycles. The van der Waals surface area contributed by atoms with Crippen molar-refractivity contribution < 1.29 is 22.7 Å². The fourth-order valence-electron chi connectivity index (χ4n) is 4.00. The molecule has 11 heteroatoms. The number of benzene rings is 3. The molecular formula is C28H27Cl2N3O5S. The maximum atomic E-state index is 13.9. The Hall–Kier alpha value is -3.53. The Morgan fingerprint density at radius 1 is 0.974 bits per heavy atom. The summed E-state index contributed by atoms with van der Waals surface area (Å²) in [6.45, 7) is 1.86. The first-order chi connectivity index (χ1) is 18.7. The summed E-state index contributed by atoms with van der Waals surface area (Å²) in [5.74, 6) is -0.711. The zero-order chi connectivity index (χ0) is 28.0. The van der Waals surface area contributed by atoms with E-state index in [0.717, 1.165) is 16.3 Å². The van der Waals surface area contributed by atoms with Gasteiger partial charge in [-0.1, -0.05) is 72.9 Å². The van der Waals surface area contributed by atoms with Crippen LogP contribution in [-0.4, -0.2) is 38.1 Å². The number of carbonyl (C=O) groups excluding carboxylic acids is 2. The molecule has 0 unspecified atom stereocenters. The summed E-state index contributed by atoms with van der Waals surface area (Å²) in [7, 11) is -4.32. The lowest BCUT2D eigenvalue weighted by molar-refractivity contribution is -0.141. The van der Waals surface area contributed by atoms with Crippen molar-refractivity contribution in [1.82, 2.24) is 9.88 Å². The van der Waals surface area contributed by atoms with Gasteiger partial charge >= 0.3 is 12.0 Å². The van der Waals surface area contributed by atoms with Gasteiger partial charge in [0.15, 0.2) is 0 Å². The van der Waals surface area contributed by atoms with Crippen LogP contribution in [0.5, 0.6) is 0 Å². The van der Waals surface area contributed by atoms with E-state index in [1.807, 2.05) is 37.3 Å². The third-order valence-corrected chi connectivity index (χ3v) is 8.12. The number of nitrogens with zero attached hydrogens (tertiary/aromatic N) is 2. The van der Waals surface area contributed by atoms with Gasteiger partial charge in [-0.2, -0.15) is 0 Å². The number of carbonyl (C=O) groups is 2. The summed E-state index contributed by atoms with van der Waals surface area (Å²) in [4.78, 5) is 25.6. The molecule has 0 aliphatic heterocycles. The number of nitrogens with one attached hydrogen (secondary N) is 1. The van der Waals surface area contributed by atoms with Crippen molar-refractivity contribution in [3.05, 3.63) is 94.6 Å². The number of hydrogen-bond donors (Lipinski definition) is 1. The molecule has 4 rings (SSSR count). The van der Waals surface area contributed by atoms with E-state index in [1.54, 1.807) is 30.5 Å². The number of hydrogen-bond acceptors (Lipinski definition) is 5. The van der Waals surface area contributed by atoms with Gasteiger partial charge in [0, 0.05) is 28.2 Å². The van der Waals surface area contributed by atoms with Gasteiger partial charge in [-0.05, 0) is 48.4 Å². The van der Waals surface area contributed by atoms with Crippen molar-refractivity contribution in [2.24, 2.45) is 0 Å². The van der Waals surface area contributed by atoms with Crippen LogP contribution in [0.2, 0.25) is 10.0 Å². The molecule has 1 heterocycles. The van der Waals surface area contributed by atoms with Gasteiger partial charge in [0.2, 0.25) is 0 Å². The monoisotopic (exact) mass is 587 g/mol. The molecule has 0 saturated heterocycles. The van der Waals surface area contributed by atoms with E-state index in [0.29, 0.717) is 23.9 Å². The first kappa shape index (κ1) is 28.5. The summed E-state index contributed by atoms with van der Waals surface area (Å²) in [6, 6.07) is 19.5. The molecule has 1 aromatic heterocycles. The molecule has 1 N–H and O–H groups in total. The van der Waals surface area contributed by atoms with E-state index in [4.69, 9.17) is 27.9 Å². The standard InChI is InChI=1S/C28H27Cl2N3O5S/c1-2-3-14-38-27(34)19-33(39(36,37)23-16-21(29)15-22(30)17-23)26-11-7-10-25-24(26)12-13-32(25)28(35)31-18-20-8-5-4-6-9-20/h4-13,15-17H,2-3,14,18-19H2,1H3,(H,31,35). The van der Waals surface area contributed by atoms with E-state index in [-0.39, 0.29) is 33.3 Å². The number of amides is 1. The van der Waals surface area contributed by atoms with Gasteiger partial charge in [0.05, 0.1) is 22.7 Å². The molecular weight excluding hydrogens is 561 g/mol. The number of sulfonamides is 1. The van der Waals surface area contributed by atoms with Crippen molar-refractivity contribution in [3.8, 4) is 0 Å². The van der Waals surface area contributed by atoms with Crippen molar-refractivity contribution in [2.45, 2.75) is 31.2 Å². The number of unbranched alkanes of at least 4 members (excludes halogenated alkanes) is 1. The van der Waals surface area contributed by atoms with E-state index in [2.05, 4.69) is 5.32 Å². The number of anilines is 1. The molecule has 1 amide bonds. The number of ether oxygens (including phenoxy) is 1. The van der Waals surface area contributed by atoms with Gasteiger partial charge in [-0.15, -0.1) is 0 Å². The highest BCUT2D eigenvalue weighted by atomic mass is 35.5. The van der Waals surface area contributed by atoms with Crippen LogP contribution >= 0.6 is 23.2 Å². The average Bonchev–Trinajstić information content (AvgIpc) is 3.35. The molecule has 4 aromatic rings. The van der Waals surface area contributed by atoms with Gasteiger partial charge in [-0.25, -0.2) is 13.2 Å². The summed E-state index contributed by atoms with van der Waals surface area (Å²) in [6.07, 6.45) is 3.02. The van der Waals surface area contributed by atoms with Crippen LogP contribution in [0.4, 0.5) is 10.5 Å². The molecule has 8 nitrogen and oxygen atoms in total. The summed E-state index contributed by atoms with van der Waals surface area (Å²) < 4.78 is 35.3. The van der Waals surface area contributed by atoms with Crippen LogP contribution in [-0.2, 0) is 26.1 Å². The van der Waals surface area contributed by atoms with Crippen LogP contribution in [0, 0.1) is 0 Å². The molecule has 3 aromatic carbocycles. The number of rotatable bonds is 10. The minimum absolute atomic E-state index is 0.131. The molecule has 0 atom stereocenters. The SMILES string of the molecule is CCCCOC(=O)CN(c1cccc2c1ccn2C(=O)NCc1ccccc1)S(=O)(=O)c1cc(Cl)cc(Cl)c1. The number of aromatic nitrogens is 1. The average molecular weight is 589 g/mol. The van der Waals surface area contributed by atoms with Gasteiger partial charge < -0.3 is 10.1 Å². The number of fused-ring (bicyclic) bond motifs is 1. The van der Waals surface area contributed by atoms with Crippen LogP contribution < -0.4 is 9.62 Å². The first-order valence-electron chi connectivity index (χ1n) is 12.3. The largest absolute Gasteiger partial charge is 0.464 e. The smallest absolute Gasteiger partial charge is 0.326 e. The Labute approximate surface area is 237 Å². The quantitative estimate of drug-likeness (QED) is 0.175. The van der Waals surface area contributed by atoms with Gasteiger partial charge in [0.1, 0.15) is 6.54 Å². The molecule has 0 radical (unpaired) electrons. The van der Waals surface area contributed by atoms with Crippen LogP contribution in [0.25, 0.3) is 10.9 Å². The Morgan fingerprint density at radius 2 is 1.69 bits per heavy atom. The molecule has 39 heavy (non-hydrogen) atoms. The van der Waals surface area contributed by atoms with Gasteiger partial charge in [-0.3, -0.25) is 13.7 Å². The number of esters is 1. The summed E-state index contributed by atoms with van der Waals surface area (Å²) in [5.41, 5.74) is 1.59. The van der Waals surface area contributed by atoms with Crippen molar-refractivity contribution in [2.75, 3.05) is 17.5 Å². The highest BCUT2D eigenvalue weighted by Crippen LogP contribution is 2.33. The van der Waals surface area contributed by atoms with Crippen molar-refractivity contribution >= 4 is 61.8 Å². The van der Waals surface area contributed by atoms with Crippen LogP contribution in [0.3, 0.4) is 0 Å². The zero-order valence-corrected chi connectivity index (χ0v) is 23.5. The van der Waals surface area contributed by atoms with Crippen molar-refractivity contribution in [3.63, 3.8) is 0 Å². The van der Waals surface area contributed by atoms with E-state index >= 15 is 0 Å². The Kier molecular flexibility index (Phi) is 9.16. The molecule has 204 valence electrons. The van der Waals surface area contributed by atoms with E-state index in [1.165, 1.54) is 22.8 Å². The maximum Gasteiger partial charge on any atom is 0.326 e. The fourth-order valence-corrected chi connectivity index (χ4v) is 6.16. The minimum Gasteiger partial charge on any atom is -0.464 e. The minimum atomic E-state index is -4.32.